The Labute approximate surface area is 165 Å². The second-order valence-electron chi connectivity index (χ2n) is 6.78. The van der Waals surface area contributed by atoms with Gasteiger partial charge in [0.2, 0.25) is 17.8 Å². The number of thioether (sulfide) groups is 1. The molecule has 3 N–H and O–H groups in total. The summed E-state index contributed by atoms with van der Waals surface area (Å²) in [5, 5.41) is 3.04. The first-order valence-corrected chi connectivity index (χ1v) is 10.0. The first-order valence-electron chi connectivity index (χ1n) is 8.89. The second kappa shape index (κ2) is 9.55. The summed E-state index contributed by atoms with van der Waals surface area (Å²) < 4.78 is 0. The average Bonchev–Trinajstić information content (AvgIpc) is 2.57. The Bertz CT molecular complexity index is 786. The lowest BCUT2D eigenvalue weighted by Crippen LogP contribution is -2.16. The molecule has 2 aromatic rings. The fourth-order valence-electron chi connectivity index (χ4n) is 2.77. The molecule has 0 radical (unpaired) electrons. The number of carbonyl (C=O) groups excluding carboxylic acids is 1. The molecule has 0 aliphatic heterocycles. The Morgan fingerprint density at radius 3 is 2.44 bits per heavy atom. The first kappa shape index (κ1) is 21.0. The van der Waals surface area contributed by atoms with Crippen molar-refractivity contribution in [3.63, 3.8) is 0 Å². The molecule has 0 fully saturated rings. The molecule has 7 nitrogen and oxygen atoms in total. The Morgan fingerprint density at radius 1 is 1.15 bits per heavy atom. The lowest BCUT2D eigenvalue weighted by molar-refractivity contribution is -0.116. The third-order valence-corrected chi connectivity index (χ3v) is 4.99. The van der Waals surface area contributed by atoms with Crippen molar-refractivity contribution in [1.82, 2.24) is 15.0 Å². The zero-order valence-corrected chi connectivity index (χ0v) is 17.5. The van der Waals surface area contributed by atoms with Gasteiger partial charge in [0.25, 0.3) is 0 Å². The van der Waals surface area contributed by atoms with Gasteiger partial charge in [-0.3, -0.25) is 4.79 Å². The normalized spacial score (nSPS) is 10.7. The van der Waals surface area contributed by atoms with Gasteiger partial charge >= 0.3 is 0 Å². The van der Waals surface area contributed by atoms with Gasteiger partial charge in [-0.2, -0.15) is 26.7 Å². The SMILES string of the molecule is Cc1cc(C)c(NC(=O)CCCSCc2nc(N)nc(N(C)C)n2)c(C)c1. The molecule has 0 bridgehead atoms. The van der Waals surface area contributed by atoms with Crippen LogP contribution in [0.2, 0.25) is 0 Å². The number of amides is 1. The van der Waals surface area contributed by atoms with Gasteiger partial charge in [0.15, 0.2) is 0 Å². The molecule has 0 unspecified atom stereocenters. The number of nitrogen functional groups attached to an aromatic ring is 1. The van der Waals surface area contributed by atoms with Crippen LogP contribution in [0.4, 0.5) is 17.6 Å². The van der Waals surface area contributed by atoms with E-state index in [1.54, 1.807) is 16.7 Å². The largest absolute Gasteiger partial charge is 0.368 e. The van der Waals surface area contributed by atoms with E-state index in [1.807, 2.05) is 27.9 Å². The number of nitrogens with one attached hydrogen (secondary N) is 1. The van der Waals surface area contributed by atoms with E-state index < -0.39 is 0 Å². The van der Waals surface area contributed by atoms with Crippen LogP contribution in [-0.2, 0) is 10.5 Å². The number of nitrogens with zero attached hydrogens (tertiary/aromatic N) is 4. The van der Waals surface area contributed by atoms with E-state index in [0.717, 1.165) is 29.0 Å². The highest BCUT2D eigenvalue weighted by atomic mass is 32.2. The molecule has 1 amide bonds. The van der Waals surface area contributed by atoms with Crippen LogP contribution < -0.4 is 16.0 Å². The predicted molar refractivity (Wildman–Crippen MR) is 113 cm³/mol. The van der Waals surface area contributed by atoms with E-state index in [2.05, 4.69) is 39.3 Å². The topological polar surface area (TPSA) is 97.0 Å². The maximum absolute atomic E-state index is 12.2. The summed E-state index contributed by atoms with van der Waals surface area (Å²) in [6, 6.07) is 4.17. The summed E-state index contributed by atoms with van der Waals surface area (Å²) in [7, 11) is 3.73. The summed E-state index contributed by atoms with van der Waals surface area (Å²) in [5.74, 6) is 2.98. The Hall–Kier alpha value is -2.35. The van der Waals surface area contributed by atoms with Crippen LogP contribution in [0.3, 0.4) is 0 Å². The zero-order chi connectivity index (χ0) is 20.0. The van der Waals surface area contributed by atoms with Gasteiger partial charge < -0.3 is 16.0 Å². The number of anilines is 3. The molecule has 27 heavy (non-hydrogen) atoms. The molecule has 0 atom stereocenters. The monoisotopic (exact) mass is 388 g/mol. The molecule has 2 rings (SSSR count). The third-order valence-electron chi connectivity index (χ3n) is 3.95. The number of aromatic nitrogens is 3. The van der Waals surface area contributed by atoms with Crippen molar-refractivity contribution < 1.29 is 4.79 Å². The summed E-state index contributed by atoms with van der Waals surface area (Å²) in [5.41, 5.74) is 10.0. The number of aryl methyl sites for hydroxylation is 3. The van der Waals surface area contributed by atoms with Crippen LogP contribution >= 0.6 is 11.8 Å². The maximum Gasteiger partial charge on any atom is 0.229 e. The van der Waals surface area contributed by atoms with Crippen LogP contribution in [0.15, 0.2) is 12.1 Å². The average molecular weight is 389 g/mol. The molecule has 146 valence electrons. The minimum absolute atomic E-state index is 0.0463. The molecular formula is C19H28N6OS. The standard InChI is InChI=1S/C19H28N6OS/c1-12-9-13(2)17(14(3)10-12)23-16(26)7-6-8-27-11-15-21-18(20)24-19(22-15)25(4)5/h9-10H,6-8,11H2,1-5H3,(H,23,26)(H2,20,21,22,24). The van der Waals surface area contributed by atoms with Crippen molar-refractivity contribution in [3.05, 3.63) is 34.6 Å². The number of hydrogen-bond acceptors (Lipinski definition) is 7. The van der Waals surface area contributed by atoms with Gasteiger partial charge in [0.05, 0.1) is 5.75 Å². The Morgan fingerprint density at radius 2 is 1.81 bits per heavy atom. The van der Waals surface area contributed by atoms with Crippen molar-refractivity contribution in [3.8, 4) is 0 Å². The minimum Gasteiger partial charge on any atom is -0.368 e. The molecule has 0 aliphatic carbocycles. The van der Waals surface area contributed by atoms with E-state index in [0.29, 0.717) is 23.9 Å². The number of hydrogen-bond donors (Lipinski definition) is 2. The molecular weight excluding hydrogens is 360 g/mol. The number of rotatable bonds is 8. The lowest BCUT2D eigenvalue weighted by Gasteiger charge is -2.13. The van der Waals surface area contributed by atoms with Gasteiger partial charge in [0, 0.05) is 26.2 Å². The summed E-state index contributed by atoms with van der Waals surface area (Å²) in [6.45, 7) is 6.10. The molecule has 1 heterocycles. The number of carbonyl (C=O) groups is 1. The fraction of sp³-hybridized carbons (Fsp3) is 0.474. The van der Waals surface area contributed by atoms with Gasteiger partial charge in [-0.25, -0.2) is 0 Å². The van der Waals surface area contributed by atoms with Gasteiger partial charge in [-0.1, -0.05) is 17.7 Å². The van der Waals surface area contributed by atoms with E-state index in [9.17, 15) is 4.79 Å². The lowest BCUT2D eigenvalue weighted by atomic mass is 10.0. The Balaban J connectivity index is 1.77. The van der Waals surface area contributed by atoms with Gasteiger partial charge in [-0.05, 0) is 44.1 Å². The van der Waals surface area contributed by atoms with Gasteiger partial charge in [0.1, 0.15) is 5.82 Å². The van der Waals surface area contributed by atoms with Crippen molar-refractivity contribution in [1.29, 1.82) is 0 Å². The molecule has 0 spiro atoms. The molecule has 0 saturated heterocycles. The summed E-state index contributed by atoms with van der Waals surface area (Å²) in [6.07, 6.45) is 1.28. The van der Waals surface area contributed by atoms with Crippen LogP contribution in [0.25, 0.3) is 0 Å². The fourth-order valence-corrected chi connectivity index (χ4v) is 3.57. The Kier molecular flexibility index (Phi) is 7.41. The third kappa shape index (κ3) is 6.39. The highest BCUT2D eigenvalue weighted by Crippen LogP contribution is 2.22. The van der Waals surface area contributed by atoms with Crippen LogP contribution in [0.5, 0.6) is 0 Å². The molecule has 0 saturated carbocycles. The van der Waals surface area contributed by atoms with E-state index in [4.69, 9.17) is 5.73 Å². The van der Waals surface area contributed by atoms with Gasteiger partial charge in [-0.15, -0.1) is 0 Å². The quantitative estimate of drug-likeness (QED) is 0.671. The predicted octanol–water partition coefficient (Wildman–Crippen LogP) is 3.10. The van der Waals surface area contributed by atoms with Crippen molar-refractivity contribution in [2.75, 3.05) is 35.8 Å². The van der Waals surface area contributed by atoms with Crippen LogP contribution in [-0.4, -0.2) is 40.7 Å². The summed E-state index contributed by atoms with van der Waals surface area (Å²) in [4.78, 5) is 26.6. The highest BCUT2D eigenvalue weighted by Gasteiger charge is 2.09. The molecule has 8 heteroatoms. The van der Waals surface area contributed by atoms with E-state index >= 15 is 0 Å². The minimum atomic E-state index is 0.0463. The van der Waals surface area contributed by atoms with Crippen LogP contribution in [0, 0.1) is 20.8 Å². The molecule has 0 aliphatic rings. The van der Waals surface area contributed by atoms with Crippen molar-refractivity contribution in [2.45, 2.75) is 39.4 Å². The smallest absolute Gasteiger partial charge is 0.229 e. The molecule has 1 aromatic heterocycles. The highest BCUT2D eigenvalue weighted by molar-refractivity contribution is 7.98. The maximum atomic E-state index is 12.2. The zero-order valence-electron chi connectivity index (χ0n) is 16.7. The first-order chi connectivity index (χ1) is 12.8. The van der Waals surface area contributed by atoms with Crippen LogP contribution in [0.1, 0.15) is 35.4 Å². The van der Waals surface area contributed by atoms with E-state index in [-0.39, 0.29) is 11.9 Å². The number of benzene rings is 1. The van der Waals surface area contributed by atoms with Crippen molar-refractivity contribution in [2.24, 2.45) is 0 Å². The van der Waals surface area contributed by atoms with Crippen molar-refractivity contribution >= 4 is 35.3 Å². The second-order valence-corrected chi connectivity index (χ2v) is 7.89. The molecule has 1 aromatic carbocycles. The number of nitrogens with two attached hydrogens (primary N) is 1. The van der Waals surface area contributed by atoms with E-state index in [1.165, 1.54) is 5.56 Å². The summed E-state index contributed by atoms with van der Waals surface area (Å²) >= 11 is 1.69.